The molecule has 2 nitrogen and oxygen atoms in total. The predicted molar refractivity (Wildman–Crippen MR) is 64.0 cm³/mol. The number of hydrogen-bond acceptors (Lipinski definition) is 2. The summed E-state index contributed by atoms with van der Waals surface area (Å²) >= 11 is 0. The van der Waals surface area contributed by atoms with Gasteiger partial charge in [-0.25, -0.2) is 0 Å². The van der Waals surface area contributed by atoms with Crippen molar-refractivity contribution in [1.82, 2.24) is 5.06 Å². The zero-order chi connectivity index (χ0) is 11.3. The molecule has 0 aromatic carbocycles. The van der Waals surface area contributed by atoms with Gasteiger partial charge in [-0.1, -0.05) is 39.0 Å². The molecular formula is C13H27NO. The fourth-order valence-corrected chi connectivity index (χ4v) is 2.81. The third-order valence-corrected chi connectivity index (χ3v) is 3.72. The van der Waals surface area contributed by atoms with Gasteiger partial charge in [0.2, 0.25) is 0 Å². The Labute approximate surface area is 94.6 Å². The van der Waals surface area contributed by atoms with E-state index >= 15 is 0 Å². The molecule has 1 N–H and O–H groups in total. The number of hydrogen-bond donors (Lipinski definition) is 1. The van der Waals surface area contributed by atoms with Crippen molar-refractivity contribution >= 4 is 0 Å². The quantitative estimate of drug-likeness (QED) is 0.701. The minimum absolute atomic E-state index is 0.352. The Morgan fingerprint density at radius 2 is 1.67 bits per heavy atom. The van der Waals surface area contributed by atoms with Crippen molar-refractivity contribution in [2.24, 2.45) is 5.92 Å². The molecule has 15 heavy (non-hydrogen) atoms. The molecule has 0 saturated carbocycles. The lowest BCUT2D eigenvalue weighted by Gasteiger charge is -2.38. The Morgan fingerprint density at radius 3 is 2.20 bits per heavy atom. The third-order valence-electron chi connectivity index (χ3n) is 3.72. The maximum Gasteiger partial charge on any atom is 0.0327 e. The monoisotopic (exact) mass is 213 g/mol. The molecule has 1 rings (SSSR count). The highest BCUT2D eigenvalue weighted by Crippen LogP contribution is 2.29. The summed E-state index contributed by atoms with van der Waals surface area (Å²) in [6.07, 6.45) is 9.18. The van der Waals surface area contributed by atoms with Crippen molar-refractivity contribution in [2.45, 2.75) is 77.8 Å². The molecule has 2 unspecified atom stereocenters. The summed E-state index contributed by atoms with van der Waals surface area (Å²) in [5, 5.41) is 11.3. The summed E-state index contributed by atoms with van der Waals surface area (Å²) < 4.78 is 0. The molecule has 1 aliphatic heterocycles. The highest BCUT2D eigenvalue weighted by Gasteiger charge is 2.29. The van der Waals surface area contributed by atoms with Gasteiger partial charge in [0.15, 0.2) is 0 Å². The second kappa shape index (κ2) is 6.49. The van der Waals surface area contributed by atoms with Gasteiger partial charge in [0.05, 0.1) is 0 Å². The van der Waals surface area contributed by atoms with E-state index in [0.717, 1.165) is 5.92 Å². The van der Waals surface area contributed by atoms with Crippen LogP contribution in [0.25, 0.3) is 0 Å². The number of rotatable bonds is 5. The molecule has 0 aromatic rings. The zero-order valence-electron chi connectivity index (χ0n) is 10.6. The van der Waals surface area contributed by atoms with Gasteiger partial charge >= 0.3 is 0 Å². The molecule has 90 valence electrons. The van der Waals surface area contributed by atoms with Crippen molar-refractivity contribution in [3.63, 3.8) is 0 Å². The standard InChI is InChI=1S/C13H27NO/c1-4-5-6-7-8-13-9-11(2)14(15)12(3)10-13/h11-13,15H,4-10H2,1-3H3. The zero-order valence-corrected chi connectivity index (χ0v) is 10.6. The van der Waals surface area contributed by atoms with E-state index in [1.165, 1.54) is 44.9 Å². The number of piperidine rings is 1. The first-order chi connectivity index (χ1) is 7.15. The maximum atomic E-state index is 9.71. The molecule has 0 aliphatic carbocycles. The molecule has 0 amide bonds. The van der Waals surface area contributed by atoms with Crippen LogP contribution in [0.3, 0.4) is 0 Å². The summed E-state index contributed by atoms with van der Waals surface area (Å²) in [7, 11) is 0. The summed E-state index contributed by atoms with van der Waals surface area (Å²) in [5.74, 6) is 0.843. The lowest BCUT2D eigenvalue weighted by Crippen LogP contribution is -2.44. The first kappa shape index (κ1) is 13.0. The number of unbranched alkanes of at least 4 members (excludes halogenated alkanes) is 3. The summed E-state index contributed by atoms with van der Waals surface area (Å²) in [4.78, 5) is 0. The van der Waals surface area contributed by atoms with Gasteiger partial charge in [-0.15, -0.1) is 0 Å². The smallest absolute Gasteiger partial charge is 0.0327 e. The van der Waals surface area contributed by atoms with Crippen LogP contribution in [-0.4, -0.2) is 22.4 Å². The number of hydroxylamine groups is 2. The van der Waals surface area contributed by atoms with Crippen LogP contribution in [-0.2, 0) is 0 Å². The van der Waals surface area contributed by atoms with E-state index in [2.05, 4.69) is 20.8 Å². The van der Waals surface area contributed by atoms with Gasteiger partial charge < -0.3 is 5.21 Å². The molecule has 2 atom stereocenters. The van der Waals surface area contributed by atoms with Crippen LogP contribution in [0.15, 0.2) is 0 Å². The van der Waals surface area contributed by atoms with Crippen LogP contribution in [0, 0.1) is 5.92 Å². The molecule has 0 aromatic heterocycles. The van der Waals surface area contributed by atoms with Crippen molar-refractivity contribution < 1.29 is 5.21 Å². The van der Waals surface area contributed by atoms with Crippen molar-refractivity contribution in [2.75, 3.05) is 0 Å². The fraction of sp³-hybridized carbons (Fsp3) is 1.00. The van der Waals surface area contributed by atoms with Gasteiger partial charge in [0.1, 0.15) is 0 Å². The fourth-order valence-electron chi connectivity index (χ4n) is 2.81. The molecule has 1 heterocycles. The van der Waals surface area contributed by atoms with E-state index in [1.54, 1.807) is 5.06 Å². The van der Waals surface area contributed by atoms with Crippen LogP contribution in [0.1, 0.15) is 65.7 Å². The summed E-state index contributed by atoms with van der Waals surface area (Å²) in [6.45, 7) is 6.53. The second-order valence-corrected chi connectivity index (χ2v) is 5.26. The largest absolute Gasteiger partial charge is 0.313 e. The summed E-state index contributed by atoms with van der Waals surface area (Å²) in [5.41, 5.74) is 0. The van der Waals surface area contributed by atoms with Crippen LogP contribution < -0.4 is 0 Å². The Hall–Kier alpha value is -0.0800. The third kappa shape index (κ3) is 4.12. The molecule has 1 aliphatic rings. The number of nitrogens with zero attached hydrogens (tertiary/aromatic N) is 1. The minimum Gasteiger partial charge on any atom is -0.313 e. The Balaban J connectivity index is 2.20. The van der Waals surface area contributed by atoms with E-state index < -0.39 is 0 Å². The molecule has 1 fully saturated rings. The van der Waals surface area contributed by atoms with E-state index in [-0.39, 0.29) is 0 Å². The highest BCUT2D eigenvalue weighted by molar-refractivity contribution is 4.79. The van der Waals surface area contributed by atoms with Gasteiger partial charge in [-0.3, -0.25) is 0 Å². The SMILES string of the molecule is CCCCCCC1CC(C)N(O)C(C)C1. The van der Waals surface area contributed by atoms with Crippen LogP contribution >= 0.6 is 0 Å². The van der Waals surface area contributed by atoms with E-state index in [0.29, 0.717) is 12.1 Å². The molecule has 0 radical (unpaired) electrons. The lowest BCUT2D eigenvalue weighted by atomic mass is 9.85. The Morgan fingerprint density at radius 1 is 1.07 bits per heavy atom. The van der Waals surface area contributed by atoms with Crippen LogP contribution in [0.5, 0.6) is 0 Å². The van der Waals surface area contributed by atoms with Gasteiger partial charge in [-0.05, 0) is 32.6 Å². The van der Waals surface area contributed by atoms with Gasteiger partial charge in [-0.2, -0.15) is 5.06 Å². The van der Waals surface area contributed by atoms with Crippen molar-refractivity contribution in [3.8, 4) is 0 Å². The van der Waals surface area contributed by atoms with Crippen molar-refractivity contribution in [3.05, 3.63) is 0 Å². The summed E-state index contributed by atoms with van der Waals surface area (Å²) in [6, 6.07) is 0.704. The lowest BCUT2D eigenvalue weighted by molar-refractivity contribution is -0.176. The van der Waals surface area contributed by atoms with Crippen LogP contribution in [0.4, 0.5) is 0 Å². The normalized spacial score (nSPS) is 33.2. The van der Waals surface area contributed by atoms with E-state index in [4.69, 9.17) is 0 Å². The molecule has 2 heteroatoms. The topological polar surface area (TPSA) is 23.5 Å². The predicted octanol–water partition coefficient (Wildman–Crippen LogP) is 3.84. The highest BCUT2D eigenvalue weighted by atomic mass is 16.5. The Kier molecular flexibility index (Phi) is 5.62. The average Bonchev–Trinajstić information content (AvgIpc) is 2.21. The van der Waals surface area contributed by atoms with Gasteiger partial charge in [0, 0.05) is 12.1 Å². The first-order valence-electron chi connectivity index (χ1n) is 6.62. The average molecular weight is 213 g/mol. The molecule has 0 spiro atoms. The molecular weight excluding hydrogens is 186 g/mol. The van der Waals surface area contributed by atoms with Crippen molar-refractivity contribution in [1.29, 1.82) is 0 Å². The Bertz CT molecular complexity index is 160. The van der Waals surface area contributed by atoms with Crippen LogP contribution in [0.2, 0.25) is 0 Å². The molecule has 0 bridgehead atoms. The minimum atomic E-state index is 0.352. The van der Waals surface area contributed by atoms with E-state index in [9.17, 15) is 5.21 Å². The first-order valence-corrected chi connectivity index (χ1v) is 6.62. The van der Waals surface area contributed by atoms with Gasteiger partial charge in [0.25, 0.3) is 0 Å². The van der Waals surface area contributed by atoms with E-state index in [1.807, 2.05) is 0 Å². The second-order valence-electron chi connectivity index (χ2n) is 5.26. The molecule has 1 saturated heterocycles. The maximum absolute atomic E-state index is 9.71.